The third-order valence-electron chi connectivity index (χ3n) is 8.91. The second-order valence-corrected chi connectivity index (χ2v) is 11.3. The van der Waals surface area contributed by atoms with Gasteiger partial charge in [0.1, 0.15) is 12.4 Å². The number of fused-ring (bicyclic) bond motifs is 6. The van der Waals surface area contributed by atoms with E-state index in [1.807, 2.05) is 30.3 Å². The molecule has 2 aromatic heterocycles. The summed E-state index contributed by atoms with van der Waals surface area (Å²) >= 11 is 0. The lowest BCUT2D eigenvalue weighted by Gasteiger charge is -2.26. The first-order valence-electron chi connectivity index (χ1n) is 14.8. The average Bonchev–Trinajstić information content (AvgIpc) is 3.71. The van der Waals surface area contributed by atoms with Gasteiger partial charge < -0.3 is 45.6 Å². The van der Waals surface area contributed by atoms with Crippen molar-refractivity contribution >= 4 is 22.3 Å². The molecule has 0 amide bonds. The molecule has 0 unspecified atom stereocenters. The van der Waals surface area contributed by atoms with Crippen molar-refractivity contribution in [2.75, 3.05) is 21.0 Å². The number of benzene rings is 3. The predicted molar refractivity (Wildman–Crippen MR) is 166 cm³/mol. The molecule has 1 aliphatic carbocycles. The summed E-state index contributed by atoms with van der Waals surface area (Å²) in [5.74, 6) is 3.85. The van der Waals surface area contributed by atoms with Crippen LogP contribution < -0.4 is 35.8 Å². The highest BCUT2D eigenvalue weighted by Gasteiger charge is 2.37. The highest BCUT2D eigenvalue weighted by Crippen LogP contribution is 2.46. The Kier molecular flexibility index (Phi) is 7.56. The summed E-state index contributed by atoms with van der Waals surface area (Å²) in [6.45, 7) is 1.28. The second-order valence-electron chi connectivity index (χ2n) is 11.3. The Morgan fingerprint density at radius 3 is 2.57 bits per heavy atom. The van der Waals surface area contributed by atoms with Gasteiger partial charge >= 0.3 is 0 Å². The zero-order valence-electron chi connectivity index (χ0n) is 25.2. The number of rotatable bonds is 7. The van der Waals surface area contributed by atoms with Crippen LogP contribution in [0, 0.1) is 10.1 Å². The minimum absolute atomic E-state index is 0. The predicted octanol–water partition coefficient (Wildman–Crippen LogP) is 3.47. The van der Waals surface area contributed by atoms with Gasteiger partial charge in [-0.1, -0.05) is 24.3 Å². The molecular weight excluding hydrogens is 654 g/mol. The van der Waals surface area contributed by atoms with E-state index in [0.717, 1.165) is 98.3 Å². The minimum Gasteiger partial charge on any atom is -1.00 e. The molecule has 3 aromatic carbocycles. The number of aryl methyl sites for hydroxylation is 2. The molecule has 0 fully saturated rings. The molecule has 0 atom stereocenters. The molecule has 11 heteroatoms. The number of nitro groups is 1. The molecule has 0 bridgehead atoms. The average molecular weight is 685 g/mol. The van der Waals surface area contributed by atoms with Crippen molar-refractivity contribution < 1.29 is 50.2 Å². The van der Waals surface area contributed by atoms with Crippen LogP contribution in [0.4, 0.5) is 5.69 Å². The fraction of sp³-hybridized carbons (Fsp3) is 0.229. The molecule has 10 nitrogen and oxygen atoms in total. The van der Waals surface area contributed by atoms with E-state index in [9.17, 15) is 10.1 Å². The minimum atomic E-state index is -0.377. The van der Waals surface area contributed by atoms with Crippen LogP contribution in [0.15, 0.2) is 72.6 Å². The molecule has 234 valence electrons. The summed E-state index contributed by atoms with van der Waals surface area (Å²) in [7, 11) is 3.36. The van der Waals surface area contributed by atoms with Crippen molar-refractivity contribution in [2.45, 2.75) is 32.4 Å². The van der Waals surface area contributed by atoms with Crippen LogP contribution in [0.2, 0.25) is 0 Å². The van der Waals surface area contributed by atoms with Gasteiger partial charge in [0, 0.05) is 52.7 Å². The van der Waals surface area contributed by atoms with Gasteiger partial charge in [0.25, 0.3) is 11.4 Å². The maximum Gasteiger partial charge on any atom is 0.270 e. The number of halogens is 1. The smallest absolute Gasteiger partial charge is 0.270 e. The van der Waals surface area contributed by atoms with Crippen molar-refractivity contribution in [2.24, 2.45) is 0 Å². The Balaban J connectivity index is 0.00000338. The van der Waals surface area contributed by atoms with Crippen molar-refractivity contribution in [1.29, 1.82) is 0 Å². The molecule has 2 aliphatic heterocycles. The van der Waals surface area contributed by atoms with Gasteiger partial charge in [0.05, 0.1) is 30.3 Å². The van der Waals surface area contributed by atoms with E-state index >= 15 is 0 Å². The quantitative estimate of drug-likeness (QED) is 0.159. The van der Waals surface area contributed by atoms with E-state index in [0.29, 0.717) is 13.0 Å². The zero-order valence-corrected chi connectivity index (χ0v) is 26.8. The van der Waals surface area contributed by atoms with Gasteiger partial charge in [-0.05, 0) is 41.8 Å². The first-order chi connectivity index (χ1) is 22.0. The molecular formula is C35H30BrN3O7. The highest BCUT2D eigenvalue weighted by molar-refractivity contribution is 5.88. The van der Waals surface area contributed by atoms with Gasteiger partial charge in [-0.3, -0.25) is 10.1 Å². The number of nitrogens with zero attached hydrogens (tertiary/aromatic N) is 2. The van der Waals surface area contributed by atoms with Gasteiger partial charge in [-0.25, -0.2) is 0 Å². The van der Waals surface area contributed by atoms with Crippen LogP contribution >= 0.6 is 0 Å². The number of aromatic amines is 1. The third kappa shape index (κ3) is 4.82. The Morgan fingerprint density at radius 1 is 0.935 bits per heavy atom. The van der Waals surface area contributed by atoms with E-state index in [-0.39, 0.29) is 34.4 Å². The molecule has 0 saturated heterocycles. The fourth-order valence-electron chi connectivity index (χ4n) is 6.76. The first-order valence-corrected chi connectivity index (χ1v) is 14.8. The molecule has 4 heterocycles. The number of hydrogen-bond donors (Lipinski definition) is 1. The zero-order chi connectivity index (χ0) is 30.7. The summed E-state index contributed by atoms with van der Waals surface area (Å²) in [6, 6.07) is 19.0. The van der Waals surface area contributed by atoms with E-state index < -0.39 is 0 Å². The van der Waals surface area contributed by atoms with Crippen LogP contribution in [0.25, 0.3) is 39.2 Å². The van der Waals surface area contributed by atoms with Crippen molar-refractivity contribution in [3.8, 4) is 39.8 Å². The number of nitrogens with one attached hydrogen (secondary N) is 1. The highest BCUT2D eigenvalue weighted by atomic mass is 79.9. The summed E-state index contributed by atoms with van der Waals surface area (Å²) in [5.41, 5.74) is 8.99. The number of allylic oxidation sites excluding steroid dienone is 1. The lowest BCUT2D eigenvalue weighted by molar-refractivity contribution is -0.688. The third-order valence-corrected chi connectivity index (χ3v) is 8.91. The number of methoxy groups -OCH3 is 2. The topological polar surface area (TPSA) is 109 Å². The maximum atomic E-state index is 11.4. The van der Waals surface area contributed by atoms with Crippen LogP contribution in [-0.4, -0.2) is 30.9 Å². The SMILES string of the molecule is COC1=C(OC)c2c[n+]3c(c(OCc4ccccc4-c4cc5cc([N+](=O)[O-])ccc5[nH]4)c2CC1)-c1cc2c(cc1CC3)OCO2.[Br-]. The molecule has 0 saturated carbocycles. The molecule has 1 N–H and O–H groups in total. The van der Waals surface area contributed by atoms with Crippen LogP contribution in [0.3, 0.4) is 0 Å². The summed E-state index contributed by atoms with van der Waals surface area (Å²) in [4.78, 5) is 14.4. The maximum absolute atomic E-state index is 11.4. The number of pyridine rings is 1. The lowest BCUT2D eigenvalue weighted by atomic mass is 9.89. The van der Waals surface area contributed by atoms with Crippen molar-refractivity contribution in [3.05, 3.63) is 105 Å². The molecule has 0 spiro atoms. The normalized spacial score (nSPS) is 14.2. The van der Waals surface area contributed by atoms with E-state index in [4.69, 9.17) is 23.7 Å². The van der Waals surface area contributed by atoms with Gasteiger partial charge in [-0.2, -0.15) is 4.57 Å². The molecule has 46 heavy (non-hydrogen) atoms. The fourth-order valence-corrected chi connectivity index (χ4v) is 6.76. The van der Waals surface area contributed by atoms with Crippen LogP contribution in [0.5, 0.6) is 17.2 Å². The number of H-pyrrole nitrogens is 1. The number of non-ortho nitro benzene ring substituents is 1. The Bertz CT molecular complexity index is 2070. The number of hydrogen-bond acceptors (Lipinski definition) is 7. The Morgan fingerprint density at radius 2 is 1.76 bits per heavy atom. The van der Waals surface area contributed by atoms with Crippen LogP contribution in [0.1, 0.15) is 28.7 Å². The first kappa shape index (κ1) is 29.7. The molecule has 0 radical (unpaired) electrons. The summed E-state index contributed by atoms with van der Waals surface area (Å²) in [6.07, 6.45) is 4.42. The van der Waals surface area contributed by atoms with Gasteiger partial charge in [0.2, 0.25) is 6.79 Å². The largest absolute Gasteiger partial charge is 1.00 e. The monoisotopic (exact) mass is 683 g/mol. The molecule has 3 aliphatic rings. The van der Waals surface area contributed by atoms with Crippen molar-refractivity contribution in [3.63, 3.8) is 0 Å². The van der Waals surface area contributed by atoms with E-state index in [1.54, 1.807) is 26.4 Å². The standard InChI is InChI=1S/C35H30N3O7.BrH/c1-41-30-10-8-25-27(34(30)42-2)17-37-12-11-20-15-31-32(45-19-44-31)16-26(20)33(37)35(25)43-18-21-5-3-4-6-24(21)29-14-22-13-23(38(39)40)7-9-28(22)36-29;/h3-7,9,13-17,36H,8,10-12,18-19H2,1-2H3;1H/q+1;/p-1. The second kappa shape index (κ2) is 11.7. The Hall–Kier alpha value is -5.03. The summed E-state index contributed by atoms with van der Waals surface area (Å²) < 4.78 is 32.2. The van der Waals surface area contributed by atoms with E-state index in [1.165, 1.54) is 11.6 Å². The summed E-state index contributed by atoms with van der Waals surface area (Å²) in [5, 5.41) is 12.1. The lowest BCUT2D eigenvalue weighted by Crippen LogP contribution is -3.00. The molecule has 5 aromatic rings. The van der Waals surface area contributed by atoms with Gasteiger partial charge in [0.15, 0.2) is 35.7 Å². The number of ether oxygens (including phenoxy) is 5. The van der Waals surface area contributed by atoms with Crippen molar-refractivity contribution in [1.82, 2.24) is 4.98 Å². The van der Waals surface area contributed by atoms with Crippen LogP contribution in [-0.2, 0) is 35.5 Å². The van der Waals surface area contributed by atoms with Gasteiger partial charge in [-0.15, -0.1) is 0 Å². The number of aromatic nitrogens is 2. The Labute approximate surface area is 275 Å². The van der Waals surface area contributed by atoms with E-state index in [2.05, 4.69) is 27.9 Å². The number of nitro benzene ring substituents is 1. The molecule has 8 rings (SSSR count).